The van der Waals surface area contributed by atoms with Crippen LogP contribution in [0.1, 0.15) is 5.01 Å². The van der Waals surface area contributed by atoms with Gasteiger partial charge in [-0.15, -0.1) is 33.6 Å². The third kappa shape index (κ3) is 2.56. The Labute approximate surface area is 108 Å². The zero-order valence-corrected chi connectivity index (χ0v) is 11.2. The number of halogens is 1. The molecule has 84 valence electrons. The highest BCUT2D eigenvalue weighted by Gasteiger charge is 2.09. The van der Waals surface area contributed by atoms with E-state index in [1.165, 1.54) is 4.90 Å². The van der Waals surface area contributed by atoms with Gasteiger partial charge in [0.05, 0.1) is 0 Å². The highest BCUT2D eigenvalue weighted by atomic mass is 35.5. The molecule has 0 aliphatic rings. The van der Waals surface area contributed by atoms with Crippen LogP contribution < -0.4 is 0 Å². The Bertz CT molecular complexity index is 471. The van der Waals surface area contributed by atoms with Crippen molar-refractivity contribution >= 4 is 34.7 Å². The second-order valence-corrected chi connectivity index (χ2v) is 5.43. The lowest BCUT2D eigenvalue weighted by atomic mass is 10.2. The SMILES string of the molecule is CSc1ccccc1-c1nnc(CCCl)s1. The summed E-state index contributed by atoms with van der Waals surface area (Å²) in [6.45, 7) is 0. The Hall–Kier alpha value is -0.580. The molecule has 0 fully saturated rings. The first kappa shape index (κ1) is 11.9. The molecule has 0 spiro atoms. The van der Waals surface area contributed by atoms with E-state index < -0.39 is 0 Å². The molecule has 2 aromatic rings. The van der Waals surface area contributed by atoms with Crippen molar-refractivity contribution in [1.82, 2.24) is 10.2 Å². The van der Waals surface area contributed by atoms with Gasteiger partial charge in [0.1, 0.15) is 10.0 Å². The quantitative estimate of drug-likeness (QED) is 0.626. The fraction of sp³-hybridized carbons (Fsp3) is 0.273. The molecule has 0 N–H and O–H groups in total. The van der Waals surface area contributed by atoms with Gasteiger partial charge >= 0.3 is 0 Å². The van der Waals surface area contributed by atoms with E-state index in [-0.39, 0.29) is 0 Å². The number of benzene rings is 1. The molecule has 0 atom stereocenters. The van der Waals surface area contributed by atoms with Gasteiger partial charge < -0.3 is 0 Å². The minimum absolute atomic E-state index is 0.596. The highest BCUT2D eigenvalue weighted by molar-refractivity contribution is 7.98. The van der Waals surface area contributed by atoms with E-state index in [2.05, 4.69) is 28.6 Å². The molecular formula is C11H11ClN2S2. The molecule has 16 heavy (non-hydrogen) atoms. The van der Waals surface area contributed by atoms with Crippen LogP contribution >= 0.6 is 34.7 Å². The Balaban J connectivity index is 2.34. The number of nitrogens with zero attached hydrogens (tertiary/aromatic N) is 2. The van der Waals surface area contributed by atoms with Crippen LogP contribution in [0.5, 0.6) is 0 Å². The first-order valence-corrected chi connectivity index (χ1v) is 7.44. The van der Waals surface area contributed by atoms with Crippen LogP contribution in [0.15, 0.2) is 29.2 Å². The molecule has 0 amide bonds. The summed E-state index contributed by atoms with van der Waals surface area (Å²) in [7, 11) is 0. The Morgan fingerprint density at radius 3 is 2.88 bits per heavy atom. The van der Waals surface area contributed by atoms with Crippen molar-refractivity contribution in [3.05, 3.63) is 29.3 Å². The van der Waals surface area contributed by atoms with Gasteiger partial charge in [0, 0.05) is 22.8 Å². The number of aromatic nitrogens is 2. The van der Waals surface area contributed by atoms with Crippen LogP contribution in [0, 0.1) is 0 Å². The molecule has 0 bridgehead atoms. The highest BCUT2D eigenvalue weighted by Crippen LogP contribution is 2.31. The number of alkyl halides is 1. The topological polar surface area (TPSA) is 25.8 Å². The molecule has 2 nitrogen and oxygen atoms in total. The van der Waals surface area contributed by atoms with Crippen LogP contribution in [0.4, 0.5) is 0 Å². The summed E-state index contributed by atoms with van der Waals surface area (Å²) in [4.78, 5) is 1.23. The van der Waals surface area contributed by atoms with Gasteiger partial charge in [-0.25, -0.2) is 0 Å². The maximum Gasteiger partial charge on any atom is 0.148 e. The first-order chi connectivity index (χ1) is 7.85. The second-order valence-electron chi connectivity index (χ2n) is 3.14. The number of hydrogen-bond acceptors (Lipinski definition) is 4. The lowest BCUT2D eigenvalue weighted by molar-refractivity contribution is 0.988. The van der Waals surface area contributed by atoms with Crippen molar-refractivity contribution in [2.75, 3.05) is 12.1 Å². The molecule has 1 aromatic carbocycles. The molecule has 1 heterocycles. The predicted octanol–water partition coefficient (Wildman–Crippen LogP) is 3.71. The van der Waals surface area contributed by atoms with Gasteiger partial charge in [0.25, 0.3) is 0 Å². The van der Waals surface area contributed by atoms with Crippen molar-refractivity contribution in [3.8, 4) is 10.6 Å². The van der Waals surface area contributed by atoms with Crippen molar-refractivity contribution in [2.45, 2.75) is 11.3 Å². The molecule has 5 heteroatoms. The zero-order chi connectivity index (χ0) is 11.4. The number of aryl methyl sites for hydroxylation is 1. The third-order valence-electron chi connectivity index (χ3n) is 2.11. The molecule has 0 saturated carbocycles. The average Bonchev–Trinajstić information content (AvgIpc) is 2.78. The summed E-state index contributed by atoms with van der Waals surface area (Å²) < 4.78 is 0. The fourth-order valence-electron chi connectivity index (χ4n) is 1.37. The molecule has 0 aliphatic carbocycles. The van der Waals surface area contributed by atoms with E-state index in [0.29, 0.717) is 5.88 Å². The Morgan fingerprint density at radius 1 is 1.31 bits per heavy atom. The maximum atomic E-state index is 5.68. The van der Waals surface area contributed by atoms with Crippen molar-refractivity contribution in [2.24, 2.45) is 0 Å². The minimum Gasteiger partial charge on any atom is -0.143 e. The van der Waals surface area contributed by atoms with E-state index in [9.17, 15) is 0 Å². The molecular weight excluding hydrogens is 260 g/mol. The van der Waals surface area contributed by atoms with Crippen molar-refractivity contribution < 1.29 is 0 Å². The second kappa shape index (κ2) is 5.66. The van der Waals surface area contributed by atoms with Crippen molar-refractivity contribution in [3.63, 3.8) is 0 Å². The van der Waals surface area contributed by atoms with E-state index in [0.717, 1.165) is 22.0 Å². The Kier molecular flexibility index (Phi) is 4.21. The minimum atomic E-state index is 0.596. The van der Waals surface area contributed by atoms with Crippen LogP contribution in [-0.4, -0.2) is 22.3 Å². The molecule has 2 rings (SSSR count). The molecule has 0 radical (unpaired) electrons. The number of hydrogen-bond donors (Lipinski definition) is 0. The van der Waals surface area contributed by atoms with Crippen LogP contribution in [-0.2, 0) is 6.42 Å². The standard InChI is InChI=1S/C11H11ClN2S2/c1-15-9-5-3-2-4-8(9)11-14-13-10(16-11)6-7-12/h2-5H,6-7H2,1H3. The van der Waals surface area contributed by atoms with Gasteiger partial charge in [-0.1, -0.05) is 29.5 Å². The molecule has 0 unspecified atom stereocenters. The van der Waals surface area contributed by atoms with E-state index in [4.69, 9.17) is 11.6 Å². The van der Waals surface area contributed by atoms with Crippen LogP contribution in [0.25, 0.3) is 10.6 Å². The van der Waals surface area contributed by atoms with Gasteiger partial charge in [-0.2, -0.15) is 0 Å². The van der Waals surface area contributed by atoms with Gasteiger partial charge in [0.2, 0.25) is 0 Å². The first-order valence-electron chi connectivity index (χ1n) is 4.87. The molecule has 0 aliphatic heterocycles. The van der Waals surface area contributed by atoms with Gasteiger partial charge in [-0.05, 0) is 12.3 Å². The normalized spacial score (nSPS) is 10.6. The number of rotatable bonds is 4. The maximum absolute atomic E-state index is 5.68. The molecule has 1 aromatic heterocycles. The summed E-state index contributed by atoms with van der Waals surface area (Å²) >= 11 is 9.03. The smallest absolute Gasteiger partial charge is 0.143 e. The van der Waals surface area contributed by atoms with Crippen LogP contribution in [0.3, 0.4) is 0 Å². The van der Waals surface area contributed by atoms with Crippen molar-refractivity contribution in [1.29, 1.82) is 0 Å². The average molecular weight is 271 g/mol. The van der Waals surface area contributed by atoms with Gasteiger partial charge in [-0.3, -0.25) is 0 Å². The Morgan fingerprint density at radius 2 is 2.12 bits per heavy atom. The fourth-order valence-corrected chi connectivity index (χ4v) is 3.20. The summed E-state index contributed by atoms with van der Waals surface area (Å²) in [6.07, 6.45) is 2.86. The summed E-state index contributed by atoms with van der Waals surface area (Å²) in [5.74, 6) is 0.596. The number of thioether (sulfide) groups is 1. The van der Waals surface area contributed by atoms with Gasteiger partial charge in [0.15, 0.2) is 0 Å². The largest absolute Gasteiger partial charge is 0.148 e. The summed E-state index contributed by atoms with van der Waals surface area (Å²) in [5.41, 5.74) is 1.16. The summed E-state index contributed by atoms with van der Waals surface area (Å²) in [5, 5.41) is 10.3. The molecule has 0 saturated heterocycles. The zero-order valence-electron chi connectivity index (χ0n) is 8.81. The van der Waals surface area contributed by atoms with E-state index >= 15 is 0 Å². The predicted molar refractivity (Wildman–Crippen MR) is 71.6 cm³/mol. The lowest BCUT2D eigenvalue weighted by Crippen LogP contribution is -1.83. The lowest BCUT2D eigenvalue weighted by Gasteiger charge is -2.01. The van der Waals surface area contributed by atoms with E-state index in [1.807, 2.05) is 12.1 Å². The summed E-state index contributed by atoms with van der Waals surface area (Å²) in [6, 6.07) is 8.24. The van der Waals surface area contributed by atoms with E-state index in [1.54, 1.807) is 23.1 Å². The third-order valence-corrected chi connectivity index (χ3v) is 4.11. The van der Waals surface area contributed by atoms with Crippen LogP contribution in [0.2, 0.25) is 0 Å². The monoisotopic (exact) mass is 270 g/mol.